The Hall–Kier alpha value is -6.00. The highest BCUT2D eigenvalue weighted by Gasteiger charge is 2.40. The van der Waals surface area contributed by atoms with Gasteiger partial charge in [-0.2, -0.15) is 9.97 Å². The van der Waals surface area contributed by atoms with Gasteiger partial charge in [0.2, 0.25) is 0 Å². The van der Waals surface area contributed by atoms with Crippen LogP contribution in [0, 0.1) is 0 Å². The van der Waals surface area contributed by atoms with E-state index in [-0.39, 0.29) is 20.7 Å². The SMILES string of the molecule is O=C(/C=C/C(=O)O[N+]1(CCCCn2ccc(-c3ccccc3)nc2=O)CCN(c2cccc(Cl)c2Cl)CC1)O[N+]1(CCCCn2ccc(-c3ccccc3)nc2=O)CCN(c2cccc(Cl)c2Cl)CC1. The number of rotatable bonds is 18. The minimum atomic E-state index is -0.688. The Labute approximate surface area is 426 Å². The average Bonchev–Trinajstić information content (AvgIpc) is 3.37. The third-order valence-corrected chi connectivity index (χ3v) is 14.5. The lowest BCUT2D eigenvalue weighted by Crippen LogP contribution is -2.60. The zero-order chi connectivity index (χ0) is 49.1. The van der Waals surface area contributed by atoms with E-state index in [4.69, 9.17) is 56.1 Å². The van der Waals surface area contributed by atoms with Gasteiger partial charge in [-0.3, -0.25) is 18.8 Å². The van der Waals surface area contributed by atoms with E-state index < -0.39 is 11.9 Å². The van der Waals surface area contributed by atoms with Crippen LogP contribution >= 0.6 is 46.4 Å². The van der Waals surface area contributed by atoms with Gasteiger partial charge in [0.1, 0.15) is 39.3 Å². The van der Waals surface area contributed by atoms with Gasteiger partial charge in [0.15, 0.2) is 0 Å². The largest absolute Gasteiger partial charge is 0.390 e. The van der Waals surface area contributed by atoms with Crippen LogP contribution in [0.5, 0.6) is 0 Å². The molecule has 6 aromatic rings. The van der Waals surface area contributed by atoms with E-state index in [1.807, 2.05) is 97.1 Å². The van der Waals surface area contributed by atoms with Crippen molar-refractivity contribution in [3.63, 3.8) is 0 Å². The summed E-state index contributed by atoms with van der Waals surface area (Å²) in [5.74, 6) is -1.38. The summed E-state index contributed by atoms with van der Waals surface area (Å²) in [5.41, 5.74) is 3.87. The fourth-order valence-electron chi connectivity index (χ4n) is 9.02. The molecule has 2 saturated heterocycles. The van der Waals surface area contributed by atoms with Crippen LogP contribution in [-0.4, -0.2) is 106 Å². The maximum atomic E-state index is 13.7. The van der Waals surface area contributed by atoms with Crippen LogP contribution < -0.4 is 21.2 Å². The number of benzene rings is 4. The van der Waals surface area contributed by atoms with Gasteiger partial charge in [-0.05, 0) is 49.2 Å². The lowest BCUT2D eigenvalue weighted by atomic mass is 10.1. The van der Waals surface area contributed by atoms with Gasteiger partial charge >= 0.3 is 23.3 Å². The summed E-state index contributed by atoms with van der Waals surface area (Å²) in [5, 5.41) is 1.81. The van der Waals surface area contributed by atoms with Crippen molar-refractivity contribution in [3.8, 4) is 22.5 Å². The number of piperazine rings is 2. The fourth-order valence-corrected chi connectivity index (χ4v) is 9.85. The number of quaternary nitrogens is 2. The van der Waals surface area contributed by atoms with Crippen LogP contribution in [0.1, 0.15) is 25.7 Å². The summed E-state index contributed by atoms with van der Waals surface area (Å²) in [4.78, 5) is 78.7. The van der Waals surface area contributed by atoms with E-state index in [1.165, 1.54) is 0 Å². The Morgan fingerprint density at radius 3 is 1.27 bits per heavy atom. The molecule has 0 spiro atoms. The molecule has 2 aliphatic heterocycles. The Balaban J connectivity index is 0.917. The van der Waals surface area contributed by atoms with Crippen LogP contribution in [-0.2, 0) is 32.4 Å². The number of carbonyl (C=O) groups excluding carboxylic acids is 2. The van der Waals surface area contributed by atoms with Crippen molar-refractivity contribution in [2.45, 2.75) is 38.8 Å². The van der Waals surface area contributed by atoms with Gasteiger partial charge in [0.25, 0.3) is 0 Å². The Morgan fingerprint density at radius 2 is 0.900 bits per heavy atom. The second-order valence-electron chi connectivity index (χ2n) is 17.5. The predicted molar refractivity (Wildman–Crippen MR) is 275 cm³/mol. The smallest absolute Gasteiger partial charge is 0.359 e. The predicted octanol–water partition coefficient (Wildman–Crippen LogP) is 9.15. The number of aryl methyl sites for hydroxylation is 2. The first-order chi connectivity index (χ1) is 33.9. The van der Waals surface area contributed by atoms with E-state index in [1.54, 1.807) is 33.7 Å². The third-order valence-electron chi connectivity index (χ3n) is 12.9. The van der Waals surface area contributed by atoms with Gasteiger partial charge in [-0.1, -0.05) is 119 Å². The van der Waals surface area contributed by atoms with Crippen LogP contribution in [0.25, 0.3) is 22.5 Å². The molecule has 0 unspecified atom stereocenters. The summed E-state index contributed by atoms with van der Waals surface area (Å²) >= 11 is 25.9. The molecule has 2 aromatic heterocycles. The van der Waals surface area contributed by atoms with E-state index in [0.717, 1.165) is 34.7 Å². The monoisotopic (exact) mass is 1030 g/mol. The van der Waals surface area contributed by atoms with Crippen molar-refractivity contribution in [1.82, 2.24) is 19.1 Å². The molecule has 4 heterocycles. The van der Waals surface area contributed by atoms with Crippen molar-refractivity contribution in [2.24, 2.45) is 0 Å². The molecule has 0 radical (unpaired) electrons. The van der Waals surface area contributed by atoms with E-state index in [2.05, 4.69) is 19.8 Å². The molecule has 0 N–H and O–H groups in total. The van der Waals surface area contributed by atoms with E-state index in [0.29, 0.717) is 136 Å². The number of hydroxylamine groups is 6. The Morgan fingerprint density at radius 1 is 0.514 bits per heavy atom. The molecular formula is C52H54Cl4N8O6+2. The minimum Gasteiger partial charge on any atom is -0.359 e. The molecule has 18 heteroatoms. The second-order valence-corrected chi connectivity index (χ2v) is 19.0. The molecule has 0 atom stereocenters. The normalized spacial score (nSPS) is 15.5. The Bertz CT molecular complexity index is 2720. The van der Waals surface area contributed by atoms with Crippen LogP contribution in [0.15, 0.2) is 143 Å². The first kappa shape index (κ1) is 50.4. The van der Waals surface area contributed by atoms with Crippen LogP contribution in [0.4, 0.5) is 11.4 Å². The van der Waals surface area contributed by atoms with E-state index in [9.17, 15) is 19.2 Å². The van der Waals surface area contributed by atoms with Gasteiger partial charge in [0, 0.05) is 61.6 Å². The quantitative estimate of drug-likeness (QED) is 0.0467. The van der Waals surface area contributed by atoms with Gasteiger partial charge < -0.3 is 9.80 Å². The number of aromatic nitrogens is 4. The summed E-state index contributed by atoms with van der Waals surface area (Å²) in [6.45, 7) is 5.64. The highest BCUT2D eigenvalue weighted by molar-refractivity contribution is 6.44. The minimum absolute atomic E-state index is 0.00246. The maximum absolute atomic E-state index is 13.7. The number of unbranched alkanes of at least 4 members (excludes halogenated alkanes) is 2. The highest BCUT2D eigenvalue weighted by Crippen LogP contribution is 2.35. The fraction of sp³-hybridized carbons (Fsp3) is 0.308. The second kappa shape index (κ2) is 23.3. The molecule has 8 rings (SSSR count). The number of anilines is 2. The van der Waals surface area contributed by atoms with Gasteiger partial charge in [-0.25, -0.2) is 19.2 Å². The zero-order valence-electron chi connectivity index (χ0n) is 38.6. The molecule has 0 aliphatic carbocycles. The summed E-state index contributed by atoms with van der Waals surface area (Å²) in [7, 11) is 0. The molecule has 14 nitrogen and oxygen atoms in total. The summed E-state index contributed by atoms with van der Waals surface area (Å²) < 4.78 is 3.17. The molecule has 4 aromatic carbocycles. The molecule has 0 bridgehead atoms. The summed E-state index contributed by atoms with van der Waals surface area (Å²) in [6, 6.07) is 33.8. The molecule has 2 fully saturated rings. The van der Waals surface area contributed by atoms with Gasteiger partial charge in [-0.15, -0.1) is 9.29 Å². The third kappa shape index (κ3) is 12.7. The Kier molecular flexibility index (Phi) is 16.8. The lowest BCUT2D eigenvalue weighted by molar-refractivity contribution is -1.09. The van der Waals surface area contributed by atoms with Crippen LogP contribution in [0.2, 0.25) is 20.1 Å². The molecule has 70 heavy (non-hydrogen) atoms. The number of halogens is 4. The van der Waals surface area contributed by atoms with Crippen molar-refractivity contribution < 1.29 is 28.6 Å². The van der Waals surface area contributed by atoms with Crippen molar-refractivity contribution in [3.05, 3.63) is 175 Å². The number of nitrogens with zero attached hydrogens (tertiary/aromatic N) is 8. The molecule has 0 saturated carbocycles. The number of hydrogen-bond donors (Lipinski definition) is 0. The highest BCUT2D eigenvalue weighted by atomic mass is 35.5. The van der Waals surface area contributed by atoms with Crippen molar-refractivity contribution in [2.75, 3.05) is 75.2 Å². The molecule has 2 aliphatic rings. The van der Waals surface area contributed by atoms with Crippen molar-refractivity contribution >= 4 is 69.7 Å². The number of carbonyl (C=O) groups is 2. The van der Waals surface area contributed by atoms with Crippen LogP contribution in [0.3, 0.4) is 0 Å². The molecular weight excluding hydrogens is 974 g/mol. The standard InChI is InChI=1S/C52H54Cl4N8O6/c53-41-17-11-19-45(49(41)55)59-29-35-63(36-30-59,33-9-7-25-61-27-23-43(57-51(61)67)39-13-3-1-4-14-39)69-47(65)21-22-48(66)70-64(37-31-60(32-38-64)46-20-12-18-42(54)50(46)56)34-10-8-26-62-28-24-44(58-52(62)68)40-15-5-2-6-16-40/h1-6,11-24,27-28H,7-10,25-26,29-38H2/q+2/b22-21+. The van der Waals surface area contributed by atoms with E-state index >= 15 is 0 Å². The zero-order valence-corrected chi connectivity index (χ0v) is 41.6. The number of hydrogen-bond acceptors (Lipinski definition) is 10. The van der Waals surface area contributed by atoms with Crippen molar-refractivity contribution in [1.29, 1.82) is 0 Å². The average molecular weight is 1030 g/mol. The lowest BCUT2D eigenvalue weighted by Gasteiger charge is -2.42. The molecule has 0 amide bonds. The molecule has 364 valence electrons. The maximum Gasteiger partial charge on any atom is 0.390 e. The topological polar surface area (TPSA) is 129 Å². The first-order valence-corrected chi connectivity index (χ1v) is 24.9. The van der Waals surface area contributed by atoms with Gasteiger partial charge in [0.05, 0.1) is 69.0 Å². The first-order valence-electron chi connectivity index (χ1n) is 23.4. The summed E-state index contributed by atoms with van der Waals surface area (Å²) in [6.07, 6.45) is 8.28.